The van der Waals surface area contributed by atoms with E-state index in [-0.39, 0.29) is 6.54 Å². The molecule has 0 aliphatic carbocycles. The molecule has 0 saturated carbocycles. The zero-order valence-corrected chi connectivity index (χ0v) is 17.3. The van der Waals surface area contributed by atoms with Crippen molar-refractivity contribution in [1.29, 1.82) is 0 Å². The molecule has 0 aliphatic rings. The molecule has 2 N–H and O–H groups in total. The van der Waals surface area contributed by atoms with Crippen molar-refractivity contribution in [2.75, 3.05) is 19.0 Å². The normalized spacial score (nSPS) is 10.8. The van der Waals surface area contributed by atoms with Crippen LogP contribution in [0.4, 0.5) is 10.1 Å². The fourth-order valence-corrected chi connectivity index (χ4v) is 3.78. The van der Waals surface area contributed by atoms with Crippen LogP contribution in [0, 0.1) is 5.82 Å². The summed E-state index contributed by atoms with van der Waals surface area (Å²) in [4.78, 5) is 29.2. The maximum Gasteiger partial charge on any atom is 0.313 e. The highest BCUT2D eigenvalue weighted by Gasteiger charge is 2.16. The van der Waals surface area contributed by atoms with E-state index in [0.29, 0.717) is 34.2 Å². The van der Waals surface area contributed by atoms with Gasteiger partial charge in [-0.05, 0) is 24.3 Å². The quantitative estimate of drug-likeness (QED) is 0.450. The van der Waals surface area contributed by atoms with E-state index in [1.807, 2.05) is 5.38 Å². The molecule has 2 heterocycles. The molecule has 2 aromatic carbocycles. The van der Waals surface area contributed by atoms with Crippen molar-refractivity contribution in [2.24, 2.45) is 0 Å². The number of hydrogen-bond donors (Lipinski definition) is 2. The zero-order chi connectivity index (χ0) is 21.8. The number of amides is 2. The summed E-state index contributed by atoms with van der Waals surface area (Å²) in [5.74, 6) is -1.04. The Balaban J connectivity index is 1.36. The number of thiazole rings is 1. The molecule has 8 nitrogen and oxygen atoms in total. The van der Waals surface area contributed by atoms with Crippen LogP contribution in [0.3, 0.4) is 0 Å². The van der Waals surface area contributed by atoms with Gasteiger partial charge in [-0.3, -0.25) is 9.59 Å². The second-order valence-electron chi connectivity index (χ2n) is 6.53. The summed E-state index contributed by atoms with van der Waals surface area (Å²) in [5, 5.41) is 11.4. The van der Waals surface area contributed by atoms with Crippen molar-refractivity contribution in [3.8, 4) is 17.1 Å². The zero-order valence-electron chi connectivity index (χ0n) is 16.5. The highest BCUT2D eigenvalue weighted by atomic mass is 32.1. The first-order valence-corrected chi connectivity index (χ1v) is 10.2. The Kier molecular flexibility index (Phi) is 5.89. The summed E-state index contributed by atoms with van der Waals surface area (Å²) >= 11 is 1.37. The van der Waals surface area contributed by atoms with E-state index in [1.165, 1.54) is 24.5 Å². The van der Waals surface area contributed by atoms with Crippen LogP contribution in [-0.2, 0) is 16.0 Å². The molecule has 0 bridgehead atoms. The first kappa shape index (κ1) is 20.5. The Morgan fingerprint density at radius 3 is 2.81 bits per heavy atom. The van der Waals surface area contributed by atoms with Crippen LogP contribution in [0.1, 0.15) is 5.69 Å². The van der Waals surface area contributed by atoms with Gasteiger partial charge in [0.15, 0.2) is 5.82 Å². The Labute approximate surface area is 180 Å². The number of hydrogen-bond acceptors (Lipinski definition) is 6. The lowest BCUT2D eigenvalue weighted by atomic mass is 10.2. The SMILES string of the molecule is COc1cccc(NC(=O)C(=O)NCCc2csc3nc(-c4ccccc4F)nn23)c1. The molecule has 0 saturated heterocycles. The molecule has 4 rings (SSSR count). The Morgan fingerprint density at radius 1 is 1.16 bits per heavy atom. The van der Waals surface area contributed by atoms with E-state index in [9.17, 15) is 14.0 Å². The molecule has 158 valence electrons. The Hall–Kier alpha value is -3.79. The molecule has 10 heteroatoms. The van der Waals surface area contributed by atoms with E-state index in [4.69, 9.17) is 4.74 Å². The highest BCUT2D eigenvalue weighted by Crippen LogP contribution is 2.23. The minimum Gasteiger partial charge on any atom is -0.497 e. The van der Waals surface area contributed by atoms with Crippen LogP contribution < -0.4 is 15.4 Å². The molecular formula is C21H18FN5O3S. The van der Waals surface area contributed by atoms with Gasteiger partial charge in [-0.2, -0.15) is 4.98 Å². The number of rotatable bonds is 6. The molecule has 0 atom stereocenters. The monoisotopic (exact) mass is 439 g/mol. The van der Waals surface area contributed by atoms with Gasteiger partial charge < -0.3 is 15.4 Å². The number of carbonyl (C=O) groups excluding carboxylic acids is 2. The minimum atomic E-state index is -0.772. The third-order valence-corrected chi connectivity index (χ3v) is 5.33. The largest absolute Gasteiger partial charge is 0.497 e. The summed E-state index contributed by atoms with van der Waals surface area (Å²) < 4.78 is 20.7. The average Bonchev–Trinajstić information content (AvgIpc) is 3.35. The standard InChI is InChI=1S/C21H18FN5O3S/c1-30-15-6-4-5-13(11-15)24-20(29)19(28)23-10-9-14-12-31-21-25-18(26-27(14)21)16-7-2-3-8-17(16)22/h2-8,11-12H,9-10H2,1H3,(H,23,28)(H,24,29). The van der Waals surface area contributed by atoms with Gasteiger partial charge in [0.05, 0.1) is 18.4 Å². The van der Waals surface area contributed by atoms with Gasteiger partial charge in [0, 0.05) is 30.1 Å². The van der Waals surface area contributed by atoms with Gasteiger partial charge in [-0.1, -0.05) is 18.2 Å². The molecule has 2 aromatic heterocycles. The number of ether oxygens (including phenoxy) is 1. The van der Waals surface area contributed by atoms with Crippen LogP contribution >= 0.6 is 11.3 Å². The first-order valence-electron chi connectivity index (χ1n) is 9.36. The minimum absolute atomic E-state index is 0.227. The van der Waals surface area contributed by atoms with Crippen LogP contribution in [0.5, 0.6) is 5.75 Å². The Bertz CT molecular complexity index is 1250. The predicted molar refractivity (Wildman–Crippen MR) is 115 cm³/mol. The Morgan fingerprint density at radius 2 is 2.00 bits per heavy atom. The summed E-state index contributed by atoms with van der Waals surface area (Å²) in [7, 11) is 1.52. The third kappa shape index (κ3) is 4.53. The van der Waals surface area contributed by atoms with Gasteiger partial charge in [-0.25, -0.2) is 8.91 Å². The fraction of sp³-hybridized carbons (Fsp3) is 0.143. The lowest BCUT2D eigenvalue weighted by molar-refractivity contribution is -0.136. The number of benzene rings is 2. The lowest BCUT2D eigenvalue weighted by Gasteiger charge is -2.07. The molecule has 0 radical (unpaired) electrons. The van der Waals surface area contributed by atoms with Gasteiger partial charge in [-0.15, -0.1) is 16.4 Å². The van der Waals surface area contributed by atoms with Crippen molar-refractivity contribution in [2.45, 2.75) is 6.42 Å². The molecule has 0 fully saturated rings. The molecule has 2 amide bonds. The van der Waals surface area contributed by atoms with E-state index in [1.54, 1.807) is 47.0 Å². The van der Waals surface area contributed by atoms with E-state index >= 15 is 0 Å². The average molecular weight is 439 g/mol. The summed E-state index contributed by atoms with van der Waals surface area (Å²) in [6.07, 6.45) is 0.429. The summed E-state index contributed by atoms with van der Waals surface area (Å²) in [6.45, 7) is 0.227. The highest BCUT2D eigenvalue weighted by molar-refractivity contribution is 7.15. The van der Waals surface area contributed by atoms with Crippen LogP contribution in [0.2, 0.25) is 0 Å². The summed E-state index contributed by atoms with van der Waals surface area (Å²) in [5.41, 5.74) is 1.58. The van der Waals surface area contributed by atoms with Crippen LogP contribution in [0.15, 0.2) is 53.9 Å². The van der Waals surface area contributed by atoms with Gasteiger partial charge in [0.2, 0.25) is 4.96 Å². The molecule has 0 aliphatic heterocycles. The fourth-order valence-electron chi connectivity index (χ4n) is 2.93. The van der Waals surface area contributed by atoms with Crippen molar-refractivity contribution >= 4 is 33.8 Å². The number of anilines is 1. The molecule has 0 spiro atoms. The number of nitrogens with zero attached hydrogens (tertiary/aromatic N) is 3. The van der Waals surface area contributed by atoms with E-state index in [0.717, 1.165) is 5.69 Å². The molecule has 31 heavy (non-hydrogen) atoms. The van der Waals surface area contributed by atoms with Crippen molar-refractivity contribution in [1.82, 2.24) is 19.9 Å². The van der Waals surface area contributed by atoms with Gasteiger partial charge in [0.25, 0.3) is 0 Å². The molecular weight excluding hydrogens is 421 g/mol. The molecule has 0 unspecified atom stereocenters. The van der Waals surface area contributed by atoms with Gasteiger partial charge >= 0.3 is 11.8 Å². The van der Waals surface area contributed by atoms with Crippen molar-refractivity contribution < 1.29 is 18.7 Å². The summed E-state index contributed by atoms with van der Waals surface area (Å²) in [6, 6.07) is 13.0. The first-order chi connectivity index (χ1) is 15.0. The van der Waals surface area contributed by atoms with E-state index < -0.39 is 17.6 Å². The van der Waals surface area contributed by atoms with Gasteiger partial charge in [0.1, 0.15) is 11.6 Å². The van der Waals surface area contributed by atoms with Crippen molar-refractivity contribution in [3.63, 3.8) is 0 Å². The predicted octanol–water partition coefficient (Wildman–Crippen LogP) is 2.90. The van der Waals surface area contributed by atoms with Crippen LogP contribution in [-0.4, -0.2) is 40.1 Å². The second-order valence-corrected chi connectivity index (χ2v) is 7.37. The maximum atomic E-state index is 14.0. The van der Waals surface area contributed by atoms with E-state index in [2.05, 4.69) is 20.7 Å². The topological polar surface area (TPSA) is 97.6 Å². The second kappa shape index (κ2) is 8.92. The van der Waals surface area contributed by atoms with Crippen molar-refractivity contribution in [3.05, 3.63) is 65.4 Å². The molecule has 4 aromatic rings. The maximum absolute atomic E-state index is 14.0. The number of aromatic nitrogens is 3. The number of halogens is 1. The third-order valence-electron chi connectivity index (χ3n) is 4.47. The van der Waals surface area contributed by atoms with Crippen LogP contribution in [0.25, 0.3) is 16.3 Å². The smallest absolute Gasteiger partial charge is 0.313 e. The number of nitrogens with one attached hydrogen (secondary N) is 2. The number of fused-ring (bicyclic) bond motifs is 1. The number of carbonyl (C=O) groups is 2. The number of methoxy groups -OCH3 is 1. The lowest BCUT2D eigenvalue weighted by Crippen LogP contribution is -2.36.